The number of hydrogen-bond donors (Lipinski definition) is 0. The molecule has 0 aliphatic carbocycles. The Balaban J connectivity index is 1.66. The van der Waals surface area contributed by atoms with Crippen molar-refractivity contribution in [2.24, 2.45) is 5.92 Å². The average Bonchev–Trinajstić information content (AvgIpc) is 2.62. The van der Waals surface area contributed by atoms with Crippen LogP contribution in [0.15, 0.2) is 24.3 Å². The highest BCUT2D eigenvalue weighted by molar-refractivity contribution is 6.30. The lowest BCUT2D eigenvalue weighted by atomic mass is 9.93. The van der Waals surface area contributed by atoms with Crippen molar-refractivity contribution in [3.05, 3.63) is 34.9 Å². The van der Waals surface area contributed by atoms with E-state index in [1.165, 1.54) is 6.42 Å². The van der Waals surface area contributed by atoms with E-state index in [9.17, 15) is 9.59 Å². The van der Waals surface area contributed by atoms with E-state index < -0.39 is 0 Å². The molecule has 0 saturated carbocycles. The Morgan fingerprint density at radius 3 is 2.50 bits per heavy atom. The van der Waals surface area contributed by atoms with Gasteiger partial charge in [-0.25, -0.2) is 0 Å². The summed E-state index contributed by atoms with van der Waals surface area (Å²) < 4.78 is 0. The topological polar surface area (TPSA) is 40.6 Å². The maximum Gasteiger partial charge on any atom is 0.253 e. The minimum absolute atomic E-state index is 0.00383. The molecule has 0 radical (unpaired) electrons. The molecule has 130 valence electrons. The Hall–Kier alpha value is -1.55. The third kappa shape index (κ3) is 3.75. The van der Waals surface area contributed by atoms with Crippen LogP contribution >= 0.6 is 11.6 Å². The number of likely N-dealkylation sites (tertiary alicyclic amines) is 2. The van der Waals surface area contributed by atoms with Crippen LogP contribution in [-0.4, -0.2) is 47.3 Å². The van der Waals surface area contributed by atoms with Crippen molar-refractivity contribution >= 4 is 23.4 Å². The van der Waals surface area contributed by atoms with Crippen molar-refractivity contribution < 1.29 is 9.59 Å². The standard InChI is InChI=1S/C19H25ClN2O2/c1-14-5-2-3-12-22(14)19(24)16-6-4-11-21(13-16)18(23)15-7-9-17(20)10-8-15/h7-10,14,16H,2-6,11-13H2,1H3/t14-,16-/m1/s1. The number of nitrogens with zero attached hydrogens (tertiary/aromatic N) is 2. The smallest absolute Gasteiger partial charge is 0.253 e. The van der Waals surface area contributed by atoms with Gasteiger partial charge in [-0.2, -0.15) is 0 Å². The summed E-state index contributed by atoms with van der Waals surface area (Å²) in [5.41, 5.74) is 0.638. The van der Waals surface area contributed by atoms with Crippen LogP contribution in [0, 0.1) is 5.92 Å². The molecule has 5 heteroatoms. The van der Waals surface area contributed by atoms with E-state index in [4.69, 9.17) is 11.6 Å². The van der Waals surface area contributed by atoms with Crippen molar-refractivity contribution in [2.45, 2.75) is 45.1 Å². The first-order valence-electron chi connectivity index (χ1n) is 8.91. The van der Waals surface area contributed by atoms with Crippen LogP contribution < -0.4 is 0 Å². The fourth-order valence-corrected chi connectivity index (χ4v) is 3.92. The van der Waals surface area contributed by atoms with Gasteiger partial charge in [0.1, 0.15) is 0 Å². The summed E-state index contributed by atoms with van der Waals surface area (Å²) in [5, 5.41) is 0.623. The molecule has 2 heterocycles. The number of carbonyl (C=O) groups excluding carboxylic acids is 2. The van der Waals surface area contributed by atoms with Crippen molar-refractivity contribution in [1.82, 2.24) is 9.80 Å². The Bertz CT molecular complexity index is 602. The molecule has 2 fully saturated rings. The van der Waals surface area contributed by atoms with Gasteiger partial charge < -0.3 is 9.80 Å². The van der Waals surface area contributed by atoms with E-state index in [0.717, 1.165) is 38.8 Å². The van der Waals surface area contributed by atoms with Crippen LogP contribution in [0.4, 0.5) is 0 Å². The molecular weight excluding hydrogens is 324 g/mol. The molecule has 0 spiro atoms. The largest absolute Gasteiger partial charge is 0.340 e. The third-order valence-electron chi connectivity index (χ3n) is 5.24. The van der Waals surface area contributed by atoms with Crippen molar-refractivity contribution in [3.63, 3.8) is 0 Å². The maximum atomic E-state index is 12.9. The Labute approximate surface area is 148 Å². The minimum Gasteiger partial charge on any atom is -0.340 e. The van der Waals surface area contributed by atoms with E-state index >= 15 is 0 Å². The molecule has 2 amide bonds. The van der Waals surface area contributed by atoms with Crippen LogP contribution in [0.1, 0.15) is 49.4 Å². The number of rotatable bonds is 2. The lowest BCUT2D eigenvalue weighted by Gasteiger charge is -2.39. The van der Waals surface area contributed by atoms with Gasteiger partial charge in [0.25, 0.3) is 5.91 Å². The van der Waals surface area contributed by atoms with Crippen LogP contribution in [0.25, 0.3) is 0 Å². The predicted molar refractivity (Wildman–Crippen MR) is 95.1 cm³/mol. The molecule has 24 heavy (non-hydrogen) atoms. The zero-order valence-corrected chi connectivity index (χ0v) is 15.0. The van der Waals surface area contributed by atoms with Gasteiger partial charge in [0.2, 0.25) is 5.91 Å². The Kier molecular flexibility index (Phi) is 5.44. The van der Waals surface area contributed by atoms with Gasteiger partial charge >= 0.3 is 0 Å². The van der Waals surface area contributed by atoms with Crippen LogP contribution in [0.3, 0.4) is 0 Å². The van der Waals surface area contributed by atoms with Crippen LogP contribution in [0.5, 0.6) is 0 Å². The first-order chi connectivity index (χ1) is 11.6. The molecule has 2 aliphatic heterocycles. The monoisotopic (exact) mass is 348 g/mol. The van der Waals surface area contributed by atoms with Crippen LogP contribution in [-0.2, 0) is 4.79 Å². The van der Waals surface area contributed by atoms with Gasteiger partial charge in [0, 0.05) is 36.3 Å². The SMILES string of the molecule is C[C@@H]1CCCCN1C(=O)[C@@H]1CCCN(C(=O)c2ccc(Cl)cc2)C1. The molecule has 2 saturated heterocycles. The first kappa shape index (κ1) is 17.3. The molecular formula is C19H25ClN2O2. The normalized spacial score (nSPS) is 24.8. The molecule has 1 aromatic rings. The van der Waals surface area contributed by atoms with Gasteiger partial charge in [-0.3, -0.25) is 9.59 Å². The summed E-state index contributed by atoms with van der Waals surface area (Å²) in [6, 6.07) is 7.30. The number of carbonyl (C=O) groups is 2. The van der Waals surface area contributed by atoms with E-state index in [-0.39, 0.29) is 17.7 Å². The number of hydrogen-bond acceptors (Lipinski definition) is 2. The highest BCUT2D eigenvalue weighted by Crippen LogP contribution is 2.25. The lowest BCUT2D eigenvalue weighted by Crippen LogP contribution is -2.50. The van der Waals surface area contributed by atoms with E-state index in [0.29, 0.717) is 23.2 Å². The first-order valence-corrected chi connectivity index (χ1v) is 9.29. The van der Waals surface area contributed by atoms with E-state index in [2.05, 4.69) is 6.92 Å². The van der Waals surface area contributed by atoms with Gasteiger partial charge in [-0.05, 0) is 63.3 Å². The fourth-order valence-electron chi connectivity index (χ4n) is 3.80. The number of halogens is 1. The predicted octanol–water partition coefficient (Wildman–Crippen LogP) is 3.59. The fraction of sp³-hybridized carbons (Fsp3) is 0.579. The zero-order valence-electron chi connectivity index (χ0n) is 14.2. The van der Waals surface area contributed by atoms with Crippen molar-refractivity contribution in [3.8, 4) is 0 Å². The van der Waals surface area contributed by atoms with E-state index in [1.54, 1.807) is 24.3 Å². The van der Waals surface area contributed by atoms with Crippen molar-refractivity contribution in [1.29, 1.82) is 0 Å². The summed E-state index contributed by atoms with van der Waals surface area (Å²) in [6.07, 6.45) is 5.16. The number of piperidine rings is 2. The second kappa shape index (κ2) is 7.56. The average molecular weight is 349 g/mol. The molecule has 1 aromatic carbocycles. The summed E-state index contributed by atoms with van der Waals surface area (Å²) in [6.45, 7) is 4.25. The molecule has 2 atom stereocenters. The second-order valence-electron chi connectivity index (χ2n) is 6.97. The zero-order chi connectivity index (χ0) is 17.1. The quantitative estimate of drug-likeness (QED) is 0.819. The lowest BCUT2D eigenvalue weighted by molar-refractivity contribution is -0.140. The number of benzene rings is 1. The molecule has 3 rings (SSSR count). The molecule has 0 unspecified atom stereocenters. The Morgan fingerprint density at radius 2 is 1.79 bits per heavy atom. The summed E-state index contributed by atoms with van der Waals surface area (Å²) >= 11 is 5.89. The highest BCUT2D eigenvalue weighted by Gasteiger charge is 2.33. The van der Waals surface area contributed by atoms with Gasteiger partial charge in [0.05, 0.1) is 5.92 Å². The summed E-state index contributed by atoms with van der Waals surface area (Å²) in [5.74, 6) is 0.169. The molecule has 4 nitrogen and oxygen atoms in total. The van der Waals surface area contributed by atoms with Crippen LogP contribution in [0.2, 0.25) is 5.02 Å². The van der Waals surface area contributed by atoms with E-state index in [1.807, 2.05) is 9.80 Å². The number of amides is 2. The van der Waals surface area contributed by atoms with Gasteiger partial charge in [0.15, 0.2) is 0 Å². The van der Waals surface area contributed by atoms with Gasteiger partial charge in [-0.1, -0.05) is 11.6 Å². The Morgan fingerprint density at radius 1 is 1.04 bits per heavy atom. The third-order valence-corrected chi connectivity index (χ3v) is 5.49. The second-order valence-corrected chi connectivity index (χ2v) is 7.41. The summed E-state index contributed by atoms with van der Waals surface area (Å²) in [4.78, 5) is 29.4. The molecule has 0 N–H and O–H groups in total. The highest BCUT2D eigenvalue weighted by atomic mass is 35.5. The minimum atomic E-state index is -0.0597. The molecule has 0 bridgehead atoms. The molecule has 2 aliphatic rings. The van der Waals surface area contributed by atoms with Crippen molar-refractivity contribution in [2.75, 3.05) is 19.6 Å². The van der Waals surface area contributed by atoms with Gasteiger partial charge in [-0.15, -0.1) is 0 Å². The summed E-state index contributed by atoms with van der Waals surface area (Å²) in [7, 11) is 0. The molecule has 0 aromatic heterocycles. The maximum absolute atomic E-state index is 12.9.